The summed E-state index contributed by atoms with van der Waals surface area (Å²) in [6, 6.07) is 32.5. The van der Waals surface area contributed by atoms with Crippen LogP contribution in [0.1, 0.15) is 95.8 Å². The Hall–Kier alpha value is -8.25. The van der Waals surface area contributed by atoms with E-state index in [2.05, 4.69) is 21.3 Å². The zero-order valence-corrected chi connectivity index (χ0v) is 44.3. The molecule has 0 bridgehead atoms. The van der Waals surface area contributed by atoms with E-state index >= 15 is 0 Å². The van der Waals surface area contributed by atoms with Gasteiger partial charge in [0.05, 0.1) is 36.7 Å². The summed E-state index contributed by atoms with van der Waals surface area (Å²) in [7, 11) is 5.32. The molecule has 6 aromatic rings. The van der Waals surface area contributed by atoms with Crippen LogP contribution in [-0.4, -0.2) is 49.4 Å². The van der Waals surface area contributed by atoms with Gasteiger partial charge < -0.3 is 54.9 Å². The van der Waals surface area contributed by atoms with Crippen LogP contribution in [0.2, 0.25) is 0 Å². The molecule has 3 aromatic heterocycles. The molecule has 0 aliphatic rings. The van der Waals surface area contributed by atoms with E-state index in [0.717, 1.165) is 16.7 Å². The van der Waals surface area contributed by atoms with Crippen LogP contribution in [0.25, 0.3) is 0 Å². The topological polar surface area (TPSA) is 236 Å². The van der Waals surface area contributed by atoms with Crippen LogP contribution in [0.15, 0.2) is 124 Å². The average molecular weight is 1040 g/mol. The van der Waals surface area contributed by atoms with Crippen molar-refractivity contribution < 1.29 is 33.4 Å². The number of rotatable bonds is 27. The molecule has 0 radical (unpaired) electrons. The first-order valence-corrected chi connectivity index (χ1v) is 25.4. The minimum Gasteiger partial charge on any atom is -0.483 e. The van der Waals surface area contributed by atoms with Gasteiger partial charge in [0.25, 0.3) is 0 Å². The van der Waals surface area contributed by atoms with Crippen LogP contribution in [-0.2, 0) is 79.8 Å². The number of nitrogens with two attached hydrogens (primary N) is 1. The average Bonchev–Trinajstić information content (AvgIpc) is 3.41. The molecule has 76 heavy (non-hydrogen) atoms. The normalized spacial score (nSPS) is 11.1. The molecule has 0 fully saturated rings. The van der Waals surface area contributed by atoms with E-state index < -0.39 is 29.2 Å². The highest BCUT2D eigenvalue weighted by molar-refractivity contribution is 5.80. The SMILES string of the molecule is Cc1cc(=O)c(OCc2ccccc2)c(CNC(=O)CCC(CCC(=O)NCc2c(OCc3ccccc3)c(=O)cc(C)n2C)(CCC(=O)NCc2c(OCc3ccccc3)c(=O)cc(C)n2C)NC(=O)CCN)n1C. The summed E-state index contributed by atoms with van der Waals surface area (Å²) in [5.74, 6) is -1.44. The Morgan fingerprint density at radius 3 is 1.03 bits per heavy atom. The number of nitrogens with zero attached hydrogens (tertiary/aromatic N) is 3. The van der Waals surface area contributed by atoms with E-state index in [-0.39, 0.29) is 124 Å². The van der Waals surface area contributed by atoms with Crippen molar-refractivity contribution in [2.24, 2.45) is 26.9 Å². The van der Waals surface area contributed by atoms with Crippen LogP contribution in [0.5, 0.6) is 17.2 Å². The molecule has 6 N–H and O–H groups in total. The van der Waals surface area contributed by atoms with Crippen molar-refractivity contribution >= 4 is 23.6 Å². The van der Waals surface area contributed by atoms with Gasteiger partial charge in [-0.2, -0.15) is 0 Å². The third-order valence-corrected chi connectivity index (χ3v) is 13.6. The fourth-order valence-electron chi connectivity index (χ4n) is 8.75. The van der Waals surface area contributed by atoms with Crippen LogP contribution < -0.4 is 57.5 Å². The number of hydrogen-bond acceptors (Lipinski definition) is 11. The number of hydrogen-bond donors (Lipinski definition) is 5. The maximum atomic E-state index is 14.0. The first-order valence-electron chi connectivity index (χ1n) is 25.4. The maximum Gasteiger partial charge on any atom is 0.224 e. The molecule has 0 unspecified atom stereocenters. The number of carbonyl (C=O) groups is 4. The van der Waals surface area contributed by atoms with Crippen molar-refractivity contribution in [1.29, 1.82) is 0 Å². The van der Waals surface area contributed by atoms with E-state index in [1.807, 2.05) is 91.0 Å². The molecule has 0 saturated heterocycles. The third-order valence-electron chi connectivity index (χ3n) is 13.6. The van der Waals surface area contributed by atoms with Crippen LogP contribution in [0.3, 0.4) is 0 Å². The molecule has 0 atom stereocenters. The summed E-state index contributed by atoms with van der Waals surface area (Å²) in [5.41, 5.74) is 9.39. The van der Waals surface area contributed by atoms with Crippen molar-refractivity contribution in [2.75, 3.05) is 6.54 Å². The monoisotopic (exact) mass is 1040 g/mol. The molecule has 3 heterocycles. The van der Waals surface area contributed by atoms with Crippen molar-refractivity contribution in [3.05, 3.63) is 191 Å². The van der Waals surface area contributed by atoms with Crippen molar-refractivity contribution in [3.63, 3.8) is 0 Å². The van der Waals surface area contributed by atoms with Crippen LogP contribution in [0.4, 0.5) is 0 Å². The molecular weight excluding hydrogens is 969 g/mol. The lowest BCUT2D eigenvalue weighted by Gasteiger charge is -2.35. The summed E-state index contributed by atoms with van der Waals surface area (Å²) in [6.45, 7) is 5.54. The molecule has 4 amide bonds. The quantitative estimate of drug-likeness (QED) is 0.0448. The first kappa shape index (κ1) is 57.0. The fraction of sp³-hybridized carbons (Fsp3) is 0.362. The van der Waals surface area contributed by atoms with E-state index in [1.165, 1.54) is 18.2 Å². The molecule has 0 spiro atoms. The molecule has 0 aliphatic carbocycles. The van der Waals surface area contributed by atoms with Gasteiger partial charge in [-0.1, -0.05) is 91.0 Å². The molecule has 18 nitrogen and oxygen atoms in total. The molecule has 402 valence electrons. The Kier molecular flexibility index (Phi) is 20.5. The van der Waals surface area contributed by atoms with Gasteiger partial charge >= 0.3 is 0 Å². The third kappa shape index (κ3) is 15.9. The van der Waals surface area contributed by atoms with Gasteiger partial charge in [-0.25, -0.2) is 0 Å². The van der Waals surface area contributed by atoms with Crippen molar-refractivity contribution in [2.45, 2.75) is 111 Å². The lowest BCUT2D eigenvalue weighted by atomic mass is 9.83. The first-order chi connectivity index (χ1) is 36.5. The minimum atomic E-state index is -1.31. The molecule has 3 aromatic carbocycles. The number of aromatic nitrogens is 3. The summed E-state index contributed by atoms with van der Waals surface area (Å²) < 4.78 is 23.5. The minimum absolute atomic E-state index is 0.00642. The second-order valence-electron chi connectivity index (χ2n) is 19.0. The van der Waals surface area contributed by atoms with E-state index in [1.54, 1.807) is 55.6 Å². The van der Waals surface area contributed by atoms with Gasteiger partial charge in [-0.05, 0) is 56.7 Å². The van der Waals surface area contributed by atoms with Gasteiger partial charge in [0, 0.05) is 94.2 Å². The predicted molar refractivity (Wildman–Crippen MR) is 289 cm³/mol. The number of aryl methyl sites for hydroxylation is 3. The zero-order chi connectivity index (χ0) is 54.8. The van der Waals surface area contributed by atoms with E-state index in [9.17, 15) is 33.6 Å². The Morgan fingerprint density at radius 2 is 0.750 bits per heavy atom. The Balaban J connectivity index is 1.22. The number of pyridine rings is 3. The number of nitrogens with one attached hydrogen (secondary N) is 4. The number of carbonyl (C=O) groups excluding carboxylic acids is 4. The lowest BCUT2D eigenvalue weighted by molar-refractivity contribution is -0.127. The number of amides is 4. The Bertz CT molecular complexity index is 2840. The molecular formula is C58H70N8O10. The second-order valence-corrected chi connectivity index (χ2v) is 19.0. The smallest absolute Gasteiger partial charge is 0.224 e. The van der Waals surface area contributed by atoms with Crippen molar-refractivity contribution in [1.82, 2.24) is 35.0 Å². The highest BCUT2D eigenvalue weighted by atomic mass is 16.5. The fourth-order valence-corrected chi connectivity index (χ4v) is 8.75. The molecule has 0 aliphatic heterocycles. The number of ether oxygens (including phenoxy) is 3. The lowest BCUT2D eigenvalue weighted by Crippen LogP contribution is -2.50. The second kappa shape index (κ2) is 27.3. The Labute approximate surface area is 442 Å². The van der Waals surface area contributed by atoms with Gasteiger partial charge in [-0.15, -0.1) is 0 Å². The van der Waals surface area contributed by atoms with Gasteiger partial charge in [-0.3, -0.25) is 33.6 Å². The molecule has 18 heteroatoms. The predicted octanol–water partition coefficient (Wildman–Crippen LogP) is 5.24. The highest BCUT2D eigenvalue weighted by Crippen LogP contribution is 2.28. The van der Waals surface area contributed by atoms with Crippen LogP contribution in [0, 0.1) is 20.8 Å². The van der Waals surface area contributed by atoms with Gasteiger partial charge in [0.15, 0.2) is 17.2 Å². The van der Waals surface area contributed by atoms with Gasteiger partial charge in [0.2, 0.25) is 39.9 Å². The summed E-state index contributed by atoms with van der Waals surface area (Å²) in [4.78, 5) is 95.3. The standard InChI is InChI=1S/C58H70N8O10/c1-39-30-48(67)55(74-36-42-16-10-7-11-17-42)45(64(39)4)33-60-51(70)22-26-58(63-54(73)25-29-59,27-23-52(71)61-34-46-56(49(68)31-40(2)65(46)5)75-37-43-18-12-8-13-19-43)28-24-53(72)62-35-47-57(50(69)32-41(3)66(47)6)76-38-44-20-14-9-15-21-44/h7-21,30-32H,22-29,33-38,59H2,1-6H3,(H,60,70)(H,61,71)(H,62,72)(H,63,73). The van der Waals surface area contributed by atoms with Crippen molar-refractivity contribution in [3.8, 4) is 17.2 Å². The largest absolute Gasteiger partial charge is 0.483 e. The highest BCUT2D eigenvalue weighted by Gasteiger charge is 2.34. The Morgan fingerprint density at radius 1 is 0.461 bits per heavy atom. The number of benzene rings is 3. The van der Waals surface area contributed by atoms with E-state index in [0.29, 0.717) is 34.2 Å². The van der Waals surface area contributed by atoms with E-state index in [4.69, 9.17) is 19.9 Å². The summed E-state index contributed by atoms with van der Waals surface area (Å²) in [6.07, 6.45) is -0.568. The summed E-state index contributed by atoms with van der Waals surface area (Å²) in [5, 5.41) is 11.8. The molecule has 0 saturated carbocycles. The zero-order valence-electron chi connectivity index (χ0n) is 44.3. The van der Waals surface area contributed by atoms with Crippen LogP contribution >= 0.6 is 0 Å². The summed E-state index contributed by atoms with van der Waals surface area (Å²) >= 11 is 0. The van der Waals surface area contributed by atoms with Gasteiger partial charge in [0.1, 0.15) is 19.8 Å². The molecule has 6 rings (SSSR count). The maximum absolute atomic E-state index is 14.0.